The Morgan fingerprint density at radius 3 is 0.868 bits per heavy atom. The molecule has 0 aliphatic carbocycles. The Morgan fingerprint density at radius 1 is 0.396 bits per heavy atom. The first-order valence-corrected chi connectivity index (χ1v) is 18.2. The molecule has 0 aromatic carbocycles. The van der Waals surface area contributed by atoms with Crippen LogP contribution in [0.1, 0.15) is 25.7 Å². The number of aldehydes is 1. The zero-order valence-electron chi connectivity index (χ0n) is 31.1. The van der Waals surface area contributed by atoms with E-state index in [1.807, 2.05) is 0 Å². The summed E-state index contributed by atoms with van der Waals surface area (Å²) in [6.45, 7) is 11.4. The molecule has 1 aliphatic heterocycles. The summed E-state index contributed by atoms with van der Waals surface area (Å²) < 4.78 is 70.2. The number of rotatable bonds is 43. The Bertz CT molecular complexity index is 853. The highest BCUT2D eigenvalue weighted by Crippen LogP contribution is 2.12. The molecule has 1 aliphatic rings. The van der Waals surface area contributed by atoms with Crippen molar-refractivity contribution in [3.05, 3.63) is 0 Å². The van der Waals surface area contributed by atoms with Crippen molar-refractivity contribution in [1.29, 1.82) is 0 Å². The Balaban J connectivity index is 1.63. The summed E-state index contributed by atoms with van der Waals surface area (Å²) in [4.78, 5) is 49.3. The lowest BCUT2D eigenvalue weighted by Gasteiger charge is -2.12. The Hall–Kier alpha value is -2.24. The minimum atomic E-state index is -0.702. The largest absolute Gasteiger partial charge is 0.379 e. The summed E-state index contributed by atoms with van der Waals surface area (Å²) in [6, 6.07) is 0. The van der Waals surface area contributed by atoms with Crippen LogP contribution in [0.15, 0.2) is 0 Å². The van der Waals surface area contributed by atoms with Crippen molar-refractivity contribution >= 4 is 24.1 Å². The first-order chi connectivity index (χ1) is 26.1. The van der Waals surface area contributed by atoms with Gasteiger partial charge in [0.05, 0.1) is 178 Å². The van der Waals surface area contributed by atoms with Crippen LogP contribution < -0.4 is 0 Å². The zero-order valence-corrected chi connectivity index (χ0v) is 31.1. The van der Waals surface area contributed by atoms with Gasteiger partial charge in [0, 0.05) is 19.3 Å². The molecule has 2 amide bonds. The zero-order chi connectivity index (χ0) is 38.1. The van der Waals surface area contributed by atoms with Crippen molar-refractivity contribution < 1.29 is 85.6 Å². The van der Waals surface area contributed by atoms with Crippen LogP contribution in [0.4, 0.5) is 0 Å². The molecule has 0 spiro atoms. The van der Waals surface area contributed by atoms with Crippen LogP contribution in [-0.2, 0) is 85.6 Å². The minimum absolute atomic E-state index is 0.0561. The van der Waals surface area contributed by atoms with Gasteiger partial charge in [0.25, 0.3) is 11.8 Å². The Morgan fingerprint density at radius 2 is 0.623 bits per heavy atom. The van der Waals surface area contributed by atoms with Gasteiger partial charge in [-0.2, -0.15) is 0 Å². The highest BCUT2D eigenvalue weighted by molar-refractivity contribution is 6.01. The average molecular weight is 772 g/mol. The second-order valence-electron chi connectivity index (χ2n) is 10.7. The van der Waals surface area contributed by atoms with Gasteiger partial charge >= 0.3 is 5.97 Å². The minimum Gasteiger partial charge on any atom is -0.379 e. The number of hydrogen-bond donors (Lipinski definition) is 0. The number of carbonyl (C=O) groups excluding carboxylic acids is 4. The van der Waals surface area contributed by atoms with Gasteiger partial charge in [0.1, 0.15) is 6.29 Å². The van der Waals surface area contributed by atoms with Crippen LogP contribution in [0, 0.1) is 0 Å². The van der Waals surface area contributed by atoms with Gasteiger partial charge < -0.3 is 71.2 Å². The molecule has 1 heterocycles. The summed E-state index contributed by atoms with van der Waals surface area (Å²) in [5, 5.41) is 0.517. The molecule has 0 unspecified atom stereocenters. The number of imide groups is 1. The number of ether oxygens (including phenoxy) is 13. The third-order valence-electron chi connectivity index (χ3n) is 6.49. The van der Waals surface area contributed by atoms with E-state index in [0.717, 1.165) is 6.29 Å². The van der Waals surface area contributed by atoms with Crippen LogP contribution in [0.5, 0.6) is 0 Å². The number of hydrogen-bond acceptors (Lipinski definition) is 18. The third-order valence-corrected chi connectivity index (χ3v) is 6.49. The monoisotopic (exact) mass is 771 g/mol. The molecule has 0 bridgehead atoms. The SMILES string of the molecule is O=CCCOCCOCCOCCOCCOCCOCCOCCOCCOCCOCCOCCOCCOCCC(=O)ON1C(=O)CCC1=O. The molecule has 19 heteroatoms. The molecule has 1 rings (SSSR count). The molecular weight excluding hydrogens is 710 g/mol. The van der Waals surface area contributed by atoms with Crippen LogP contribution in [0.25, 0.3) is 0 Å². The molecule has 1 fully saturated rings. The molecular formula is C34H61NO18. The molecule has 0 aromatic rings. The lowest BCUT2D eigenvalue weighted by Crippen LogP contribution is -2.32. The Kier molecular flexibility index (Phi) is 36.3. The average Bonchev–Trinajstić information content (AvgIpc) is 3.47. The molecule has 19 nitrogen and oxygen atoms in total. The van der Waals surface area contributed by atoms with E-state index in [1.54, 1.807) is 0 Å². The predicted molar refractivity (Wildman–Crippen MR) is 183 cm³/mol. The third kappa shape index (κ3) is 34.0. The molecule has 310 valence electrons. The summed E-state index contributed by atoms with van der Waals surface area (Å²) in [6.07, 6.45) is 1.27. The van der Waals surface area contributed by atoms with Crippen molar-refractivity contribution in [2.24, 2.45) is 0 Å². The van der Waals surface area contributed by atoms with Crippen molar-refractivity contribution in [1.82, 2.24) is 5.06 Å². The van der Waals surface area contributed by atoms with E-state index in [2.05, 4.69) is 0 Å². The maximum Gasteiger partial charge on any atom is 0.335 e. The van der Waals surface area contributed by atoms with Crippen LogP contribution in [0.2, 0.25) is 0 Å². The van der Waals surface area contributed by atoms with E-state index in [-0.39, 0.29) is 32.5 Å². The van der Waals surface area contributed by atoms with Crippen molar-refractivity contribution in [2.45, 2.75) is 25.7 Å². The van der Waals surface area contributed by atoms with E-state index in [4.69, 9.17) is 66.4 Å². The number of amides is 2. The standard InChI is InChI=1S/C34H61NO18/c36-5-1-6-40-8-10-42-12-14-44-16-18-46-20-22-48-24-26-50-28-30-52-31-29-51-27-25-49-23-21-47-19-17-45-15-13-43-11-9-41-7-4-34(39)53-35-32(37)2-3-33(35)38/h5H,1-4,6-31H2. The van der Waals surface area contributed by atoms with Crippen molar-refractivity contribution in [3.8, 4) is 0 Å². The number of hydroxylamine groups is 2. The van der Waals surface area contributed by atoms with Gasteiger partial charge in [-0.1, -0.05) is 0 Å². The van der Waals surface area contributed by atoms with Crippen molar-refractivity contribution in [2.75, 3.05) is 172 Å². The van der Waals surface area contributed by atoms with Crippen molar-refractivity contribution in [3.63, 3.8) is 0 Å². The van der Waals surface area contributed by atoms with Gasteiger partial charge in [-0.25, -0.2) is 4.79 Å². The second kappa shape index (κ2) is 39.5. The molecule has 0 N–H and O–H groups in total. The lowest BCUT2D eigenvalue weighted by atomic mass is 10.4. The molecule has 0 aromatic heterocycles. The summed E-state index contributed by atoms with van der Waals surface area (Å²) >= 11 is 0. The van der Waals surface area contributed by atoms with E-state index < -0.39 is 17.8 Å². The predicted octanol–water partition coefficient (Wildman–Crippen LogP) is -0.211. The van der Waals surface area contributed by atoms with Gasteiger partial charge in [-0.3, -0.25) is 9.59 Å². The molecule has 0 atom stereocenters. The molecule has 53 heavy (non-hydrogen) atoms. The van der Waals surface area contributed by atoms with Gasteiger partial charge in [-0.05, 0) is 0 Å². The van der Waals surface area contributed by atoms with Crippen LogP contribution in [-0.4, -0.2) is 201 Å². The van der Waals surface area contributed by atoms with E-state index in [0.29, 0.717) is 170 Å². The lowest BCUT2D eigenvalue weighted by molar-refractivity contribution is -0.198. The van der Waals surface area contributed by atoms with Gasteiger partial charge in [-0.15, -0.1) is 5.06 Å². The molecule has 0 saturated carbocycles. The normalized spacial score (nSPS) is 13.0. The maximum atomic E-state index is 11.7. The fourth-order valence-electron chi connectivity index (χ4n) is 3.83. The summed E-state index contributed by atoms with van der Waals surface area (Å²) in [5.74, 6) is -1.73. The van der Waals surface area contributed by atoms with E-state index in [9.17, 15) is 19.2 Å². The van der Waals surface area contributed by atoms with Gasteiger partial charge in [0.2, 0.25) is 0 Å². The molecule has 0 radical (unpaired) electrons. The van der Waals surface area contributed by atoms with Crippen LogP contribution >= 0.6 is 0 Å². The molecule has 1 saturated heterocycles. The smallest absolute Gasteiger partial charge is 0.335 e. The fraction of sp³-hybridized carbons (Fsp3) is 0.882. The first kappa shape index (κ1) is 48.8. The topological polar surface area (TPSA) is 201 Å². The first-order valence-electron chi connectivity index (χ1n) is 18.2. The number of carbonyl (C=O) groups is 4. The quantitative estimate of drug-likeness (QED) is 0.0447. The highest BCUT2D eigenvalue weighted by Gasteiger charge is 2.32. The van der Waals surface area contributed by atoms with Crippen LogP contribution in [0.3, 0.4) is 0 Å². The highest BCUT2D eigenvalue weighted by atomic mass is 16.7. The fourth-order valence-corrected chi connectivity index (χ4v) is 3.83. The maximum absolute atomic E-state index is 11.7. The number of nitrogens with zero attached hydrogens (tertiary/aromatic N) is 1. The summed E-state index contributed by atoms with van der Waals surface area (Å²) in [7, 11) is 0. The Labute approximate surface area is 312 Å². The second-order valence-corrected chi connectivity index (χ2v) is 10.7. The van der Waals surface area contributed by atoms with E-state index in [1.165, 1.54) is 0 Å². The van der Waals surface area contributed by atoms with E-state index >= 15 is 0 Å². The van der Waals surface area contributed by atoms with Gasteiger partial charge in [0.15, 0.2) is 0 Å². The summed E-state index contributed by atoms with van der Waals surface area (Å²) in [5.41, 5.74) is 0.